The zero-order valence-electron chi connectivity index (χ0n) is 19.9. The fourth-order valence-corrected chi connectivity index (χ4v) is 6.56. The van der Waals surface area contributed by atoms with Crippen LogP contribution in [0.5, 0.6) is 0 Å². The molecule has 0 bridgehead atoms. The summed E-state index contributed by atoms with van der Waals surface area (Å²) in [4.78, 5) is 4.37. The van der Waals surface area contributed by atoms with Crippen LogP contribution in [0.15, 0.2) is 122 Å². The molecule has 2 aromatic heterocycles. The third kappa shape index (κ3) is 2.47. The lowest BCUT2D eigenvalue weighted by atomic mass is 9.98. The predicted molar refractivity (Wildman–Crippen MR) is 156 cm³/mol. The second kappa shape index (κ2) is 6.83. The molecule has 0 radical (unpaired) electrons. The number of hydrogen-bond acceptors (Lipinski definition) is 1. The Bertz CT molecular complexity index is 2250. The second-order valence-corrected chi connectivity index (χ2v) is 10.0. The van der Waals surface area contributed by atoms with Crippen LogP contribution in [0.3, 0.4) is 0 Å². The first kappa shape index (κ1) is 19.3. The van der Waals surface area contributed by atoms with E-state index in [4.69, 9.17) is 0 Å². The number of hydrogen-bond donors (Lipinski definition) is 0. The molecule has 0 saturated heterocycles. The van der Waals surface area contributed by atoms with Crippen molar-refractivity contribution in [2.75, 3.05) is 0 Å². The number of nitrogens with zero attached hydrogens (tertiary/aromatic N) is 2. The Labute approximate surface area is 213 Å². The summed E-state index contributed by atoms with van der Waals surface area (Å²) in [5, 5.41) is 10.1. The molecule has 2 nitrogen and oxygen atoms in total. The fourth-order valence-electron chi connectivity index (χ4n) is 6.56. The molecular weight excluding hydrogens is 448 g/mol. The van der Waals surface area contributed by atoms with Gasteiger partial charge in [0.25, 0.3) is 0 Å². The summed E-state index contributed by atoms with van der Waals surface area (Å²) < 4.78 is 2.43. The molecule has 6 aromatic carbocycles. The van der Waals surface area contributed by atoms with Crippen molar-refractivity contribution in [1.29, 1.82) is 0 Å². The number of fused-ring (bicyclic) bond motifs is 9. The minimum Gasteiger partial charge on any atom is -0.309 e. The van der Waals surface area contributed by atoms with Crippen LogP contribution < -0.4 is 0 Å². The first-order valence-electron chi connectivity index (χ1n) is 12.7. The summed E-state index contributed by atoms with van der Waals surface area (Å²) in [6, 6.07) is 40.2. The number of rotatable bonds is 1. The van der Waals surface area contributed by atoms with E-state index in [-0.39, 0.29) is 0 Å². The van der Waals surface area contributed by atoms with Gasteiger partial charge in [-0.1, -0.05) is 72.8 Å². The normalized spacial score (nSPS) is 12.3. The molecule has 0 aliphatic heterocycles. The molecule has 0 atom stereocenters. The van der Waals surface area contributed by atoms with Crippen LogP contribution in [0.2, 0.25) is 0 Å². The first-order valence-corrected chi connectivity index (χ1v) is 12.7. The van der Waals surface area contributed by atoms with Gasteiger partial charge in [-0.25, -0.2) is 0 Å². The van der Waals surface area contributed by atoms with Gasteiger partial charge >= 0.3 is 0 Å². The van der Waals surface area contributed by atoms with Crippen LogP contribution >= 0.6 is 0 Å². The molecule has 0 saturated carbocycles. The Kier molecular flexibility index (Phi) is 3.56. The van der Waals surface area contributed by atoms with Crippen LogP contribution in [0.1, 0.15) is 0 Å². The smallest absolute Gasteiger partial charge is 0.0620 e. The fraction of sp³-hybridized carbons (Fsp3) is 0. The van der Waals surface area contributed by atoms with Gasteiger partial charge in [-0.2, -0.15) is 0 Å². The standard InChI is InChI=1S/C35H20N2/c1-2-10-33-27(7-1)30-14-12-23-20-36-16-15-26(23)35(30)37(33)25-13-11-22-18-31-28-8-3-5-21-6-4-9-29(34(21)28)32(31)19-24(22)17-25/h1-20H. The summed E-state index contributed by atoms with van der Waals surface area (Å²) in [6.07, 6.45) is 3.85. The number of benzene rings is 6. The highest BCUT2D eigenvalue weighted by Crippen LogP contribution is 2.48. The monoisotopic (exact) mass is 468 g/mol. The van der Waals surface area contributed by atoms with Crippen molar-refractivity contribution < 1.29 is 0 Å². The quantitative estimate of drug-likeness (QED) is 0.235. The molecular formula is C35H20N2. The molecule has 1 aliphatic carbocycles. The van der Waals surface area contributed by atoms with Gasteiger partial charge in [0, 0.05) is 39.6 Å². The van der Waals surface area contributed by atoms with Crippen LogP contribution in [-0.2, 0) is 0 Å². The average Bonchev–Trinajstić information content (AvgIpc) is 3.46. The zero-order valence-corrected chi connectivity index (χ0v) is 19.9. The molecule has 0 fully saturated rings. The van der Waals surface area contributed by atoms with Crippen LogP contribution in [0.25, 0.3) is 82.1 Å². The highest BCUT2D eigenvalue weighted by Gasteiger charge is 2.22. The van der Waals surface area contributed by atoms with Crippen LogP contribution in [-0.4, -0.2) is 9.55 Å². The first-order chi connectivity index (χ1) is 18.3. The number of aromatic nitrogens is 2. The van der Waals surface area contributed by atoms with E-state index in [2.05, 4.69) is 119 Å². The lowest BCUT2D eigenvalue weighted by Gasteiger charge is -2.12. The van der Waals surface area contributed by atoms with Gasteiger partial charge in [0.05, 0.1) is 11.0 Å². The maximum Gasteiger partial charge on any atom is 0.0620 e. The molecule has 9 rings (SSSR count). The van der Waals surface area contributed by atoms with Crippen molar-refractivity contribution in [3.05, 3.63) is 122 Å². The Balaban J connectivity index is 1.37. The molecule has 37 heavy (non-hydrogen) atoms. The summed E-state index contributed by atoms with van der Waals surface area (Å²) in [6.45, 7) is 0. The van der Waals surface area contributed by atoms with Gasteiger partial charge in [0.15, 0.2) is 0 Å². The summed E-state index contributed by atoms with van der Waals surface area (Å²) in [5.74, 6) is 0. The van der Waals surface area contributed by atoms with E-state index in [1.165, 1.54) is 76.7 Å². The van der Waals surface area contributed by atoms with Gasteiger partial charge in [-0.05, 0) is 80.2 Å². The Hall–Kier alpha value is -4.95. The van der Waals surface area contributed by atoms with Gasteiger partial charge < -0.3 is 4.57 Å². The van der Waals surface area contributed by atoms with E-state index < -0.39 is 0 Å². The van der Waals surface area contributed by atoms with Crippen molar-refractivity contribution in [2.24, 2.45) is 0 Å². The Morgan fingerprint density at radius 2 is 1.27 bits per heavy atom. The molecule has 0 amide bonds. The van der Waals surface area contributed by atoms with Crippen molar-refractivity contribution in [3.8, 4) is 27.9 Å². The Morgan fingerprint density at radius 1 is 0.486 bits per heavy atom. The highest BCUT2D eigenvalue weighted by atomic mass is 15.0. The lowest BCUT2D eigenvalue weighted by Crippen LogP contribution is -1.95. The molecule has 2 heteroatoms. The van der Waals surface area contributed by atoms with E-state index >= 15 is 0 Å². The molecule has 0 spiro atoms. The van der Waals surface area contributed by atoms with Crippen LogP contribution in [0.4, 0.5) is 0 Å². The predicted octanol–water partition coefficient (Wildman–Crippen LogP) is 9.29. The molecule has 0 unspecified atom stereocenters. The lowest BCUT2D eigenvalue weighted by molar-refractivity contribution is 1.19. The highest BCUT2D eigenvalue weighted by molar-refractivity contribution is 6.19. The zero-order chi connectivity index (χ0) is 24.1. The summed E-state index contributed by atoms with van der Waals surface area (Å²) >= 11 is 0. The number of para-hydroxylation sites is 1. The number of pyridine rings is 1. The maximum absolute atomic E-state index is 4.37. The molecule has 1 aliphatic rings. The van der Waals surface area contributed by atoms with E-state index in [1.54, 1.807) is 0 Å². The van der Waals surface area contributed by atoms with E-state index in [0.717, 1.165) is 5.39 Å². The minimum absolute atomic E-state index is 1.16. The van der Waals surface area contributed by atoms with Crippen LogP contribution in [0, 0.1) is 0 Å². The third-order valence-electron chi connectivity index (χ3n) is 8.15. The molecule has 0 N–H and O–H groups in total. The molecule has 170 valence electrons. The van der Waals surface area contributed by atoms with E-state index in [1.807, 2.05) is 12.4 Å². The Morgan fingerprint density at radius 3 is 2.14 bits per heavy atom. The summed E-state index contributed by atoms with van der Waals surface area (Å²) in [5.41, 5.74) is 8.98. The van der Waals surface area contributed by atoms with Gasteiger partial charge in [0.2, 0.25) is 0 Å². The van der Waals surface area contributed by atoms with Gasteiger partial charge in [0.1, 0.15) is 0 Å². The molecule has 2 heterocycles. The van der Waals surface area contributed by atoms with E-state index in [9.17, 15) is 0 Å². The minimum atomic E-state index is 1.16. The average molecular weight is 469 g/mol. The van der Waals surface area contributed by atoms with Crippen molar-refractivity contribution in [3.63, 3.8) is 0 Å². The SMILES string of the molecule is c1cc2c3c(cccc3c1)-c1cc3cc(-n4c5ccccc5c5ccc6cnccc6c54)ccc3cc1-2. The van der Waals surface area contributed by atoms with Gasteiger partial charge in [-0.15, -0.1) is 0 Å². The van der Waals surface area contributed by atoms with Crippen molar-refractivity contribution in [2.45, 2.75) is 0 Å². The molecule has 8 aromatic rings. The van der Waals surface area contributed by atoms with Crippen molar-refractivity contribution >= 4 is 54.1 Å². The van der Waals surface area contributed by atoms with Crippen molar-refractivity contribution in [1.82, 2.24) is 9.55 Å². The third-order valence-corrected chi connectivity index (χ3v) is 8.15. The topological polar surface area (TPSA) is 17.8 Å². The summed E-state index contributed by atoms with van der Waals surface area (Å²) in [7, 11) is 0. The van der Waals surface area contributed by atoms with E-state index in [0.29, 0.717) is 0 Å². The second-order valence-electron chi connectivity index (χ2n) is 10.0. The largest absolute Gasteiger partial charge is 0.309 e. The van der Waals surface area contributed by atoms with Gasteiger partial charge in [-0.3, -0.25) is 4.98 Å². The maximum atomic E-state index is 4.37.